The number of aromatic nitrogens is 3. The molecule has 6 heteroatoms. The Bertz CT molecular complexity index is 584. The fourth-order valence-electron chi connectivity index (χ4n) is 2.20. The third-order valence-electron chi connectivity index (χ3n) is 3.29. The first kappa shape index (κ1) is 12.5. The van der Waals surface area contributed by atoms with Gasteiger partial charge in [-0.2, -0.15) is 4.98 Å². The molecule has 1 fully saturated rings. The molecule has 0 saturated heterocycles. The highest BCUT2D eigenvalue weighted by Crippen LogP contribution is 2.31. The van der Waals surface area contributed by atoms with Crippen molar-refractivity contribution in [2.24, 2.45) is 0 Å². The van der Waals surface area contributed by atoms with Gasteiger partial charge in [-0.1, -0.05) is 5.16 Å². The van der Waals surface area contributed by atoms with Crippen LogP contribution < -0.4 is 0 Å². The lowest BCUT2D eigenvalue weighted by molar-refractivity contribution is -0.120. The highest BCUT2D eigenvalue weighted by Gasteiger charge is 2.25. The van der Waals surface area contributed by atoms with Gasteiger partial charge in [-0.15, -0.1) is 0 Å². The van der Waals surface area contributed by atoms with Crippen molar-refractivity contribution < 1.29 is 9.32 Å². The summed E-state index contributed by atoms with van der Waals surface area (Å²) in [7, 11) is 0. The molecule has 0 atom stereocenters. The van der Waals surface area contributed by atoms with E-state index in [0.29, 0.717) is 36.0 Å². The molecule has 0 radical (unpaired) electrons. The van der Waals surface area contributed by atoms with Gasteiger partial charge in [-0.05, 0) is 40.9 Å². The minimum absolute atomic E-state index is 0.203. The average molecular weight is 322 g/mol. The molecule has 2 heterocycles. The van der Waals surface area contributed by atoms with E-state index < -0.39 is 0 Å². The van der Waals surface area contributed by atoms with Crippen LogP contribution in [0.1, 0.15) is 37.5 Å². The first-order valence-electron chi connectivity index (χ1n) is 6.19. The zero-order valence-corrected chi connectivity index (χ0v) is 11.8. The fourth-order valence-corrected chi connectivity index (χ4v) is 2.43. The van der Waals surface area contributed by atoms with Crippen LogP contribution in [0.4, 0.5) is 0 Å². The second-order valence-corrected chi connectivity index (χ2v) is 5.55. The highest BCUT2D eigenvalue weighted by atomic mass is 79.9. The quantitative estimate of drug-likeness (QED) is 0.850. The number of nitrogens with zero attached hydrogens (tertiary/aromatic N) is 3. The number of halogens is 1. The van der Waals surface area contributed by atoms with E-state index in [-0.39, 0.29) is 5.92 Å². The molecule has 19 heavy (non-hydrogen) atoms. The van der Waals surface area contributed by atoms with Crippen LogP contribution in [0.15, 0.2) is 27.3 Å². The molecule has 98 valence electrons. The van der Waals surface area contributed by atoms with Gasteiger partial charge in [0.2, 0.25) is 11.7 Å². The Hall–Kier alpha value is -1.56. The average Bonchev–Trinajstić information content (AvgIpc) is 2.90. The molecule has 0 aromatic carbocycles. The van der Waals surface area contributed by atoms with Crippen LogP contribution >= 0.6 is 15.9 Å². The molecule has 1 aliphatic carbocycles. The molecule has 2 aromatic rings. The maximum absolute atomic E-state index is 11.2. The number of rotatable bonds is 2. The third-order valence-corrected chi connectivity index (χ3v) is 3.76. The van der Waals surface area contributed by atoms with Crippen LogP contribution in [0.2, 0.25) is 0 Å². The molecule has 0 bridgehead atoms. The molecular formula is C13H12BrN3O2. The van der Waals surface area contributed by atoms with E-state index in [1.54, 1.807) is 6.20 Å². The highest BCUT2D eigenvalue weighted by molar-refractivity contribution is 9.10. The predicted octanol–water partition coefficient (Wildman–Crippen LogP) is 3.12. The van der Waals surface area contributed by atoms with Crippen LogP contribution in [-0.4, -0.2) is 20.9 Å². The fraction of sp³-hybridized carbons (Fsp3) is 0.385. The van der Waals surface area contributed by atoms with Gasteiger partial charge in [-0.3, -0.25) is 9.78 Å². The zero-order chi connectivity index (χ0) is 13.2. The Kier molecular flexibility index (Phi) is 3.42. The summed E-state index contributed by atoms with van der Waals surface area (Å²) in [6.07, 6.45) is 4.52. The summed E-state index contributed by atoms with van der Waals surface area (Å²) >= 11 is 3.33. The maximum Gasteiger partial charge on any atom is 0.230 e. The molecular weight excluding hydrogens is 310 g/mol. The van der Waals surface area contributed by atoms with Crippen molar-refractivity contribution in [3.05, 3.63) is 28.7 Å². The van der Waals surface area contributed by atoms with E-state index in [2.05, 4.69) is 31.1 Å². The van der Waals surface area contributed by atoms with Gasteiger partial charge in [0, 0.05) is 29.4 Å². The maximum atomic E-state index is 11.2. The molecule has 0 spiro atoms. The van der Waals surface area contributed by atoms with Crippen LogP contribution in [0, 0.1) is 0 Å². The summed E-state index contributed by atoms with van der Waals surface area (Å²) in [5.41, 5.74) is 0.685. The standard InChI is InChI=1S/C13H12BrN3O2/c14-9-3-6-11(15-7-9)12-16-13(19-17-12)8-1-4-10(18)5-2-8/h3,6-8H,1-2,4-5H2. The second-order valence-electron chi connectivity index (χ2n) is 4.63. The van der Waals surface area contributed by atoms with Gasteiger partial charge in [0.15, 0.2) is 0 Å². The molecule has 2 aromatic heterocycles. The van der Waals surface area contributed by atoms with E-state index in [1.165, 1.54) is 0 Å². The van der Waals surface area contributed by atoms with Crippen molar-refractivity contribution in [3.63, 3.8) is 0 Å². The number of Topliss-reactive ketones (excluding diaryl/α,β-unsaturated/α-hetero) is 1. The van der Waals surface area contributed by atoms with Gasteiger partial charge < -0.3 is 4.52 Å². The molecule has 0 amide bonds. The van der Waals surface area contributed by atoms with Crippen molar-refractivity contribution >= 4 is 21.7 Å². The SMILES string of the molecule is O=C1CCC(c2nc(-c3ccc(Br)cn3)no2)CC1. The Morgan fingerprint density at radius 2 is 2.05 bits per heavy atom. The topological polar surface area (TPSA) is 68.9 Å². The van der Waals surface area contributed by atoms with Crippen LogP contribution in [0.3, 0.4) is 0 Å². The number of hydrogen-bond donors (Lipinski definition) is 0. The van der Waals surface area contributed by atoms with Gasteiger partial charge in [-0.25, -0.2) is 0 Å². The summed E-state index contributed by atoms with van der Waals surface area (Å²) in [6, 6.07) is 3.72. The Morgan fingerprint density at radius 3 is 2.74 bits per heavy atom. The lowest BCUT2D eigenvalue weighted by Gasteiger charge is -2.16. The second kappa shape index (κ2) is 5.21. The molecule has 0 N–H and O–H groups in total. The summed E-state index contributed by atoms with van der Waals surface area (Å²) in [5.74, 6) is 1.64. The predicted molar refractivity (Wildman–Crippen MR) is 71.4 cm³/mol. The number of pyridine rings is 1. The minimum Gasteiger partial charge on any atom is -0.339 e. The van der Waals surface area contributed by atoms with Crippen molar-refractivity contribution in [1.82, 2.24) is 15.1 Å². The van der Waals surface area contributed by atoms with Crippen molar-refractivity contribution in [3.8, 4) is 11.5 Å². The van der Waals surface area contributed by atoms with E-state index >= 15 is 0 Å². The molecule has 3 rings (SSSR count). The molecule has 0 unspecified atom stereocenters. The van der Waals surface area contributed by atoms with E-state index in [4.69, 9.17) is 4.52 Å². The summed E-state index contributed by atoms with van der Waals surface area (Å²) < 4.78 is 6.21. The zero-order valence-electron chi connectivity index (χ0n) is 10.2. The Morgan fingerprint density at radius 1 is 1.26 bits per heavy atom. The van der Waals surface area contributed by atoms with Gasteiger partial charge in [0.1, 0.15) is 11.5 Å². The Balaban J connectivity index is 1.79. The normalized spacial score (nSPS) is 16.8. The first-order chi connectivity index (χ1) is 9.22. The number of carbonyl (C=O) groups excluding carboxylic acids is 1. The first-order valence-corrected chi connectivity index (χ1v) is 6.99. The van der Waals surface area contributed by atoms with Gasteiger partial charge in [0.05, 0.1) is 0 Å². The van der Waals surface area contributed by atoms with E-state index in [0.717, 1.165) is 17.3 Å². The van der Waals surface area contributed by atoms with Crippen LogP contribution in [0.25, 0.3) is 11.5 Å². The lowest BCUT2D eigenvalue weighted by Crippen LogP contribution is -2.12. The molecule has 0 aliphatic heterocycles. The number of carbonyl (C=O) groups is 1. The van der Waals surface area contributed by atoms with Gasteiger partial charge >= 0.3 is 0 Å². The van der Waals surface area contributed by atoms with Crippen LogP contribution in [0.5, 0.6) is 0 Å². The number of ketones is 1. The number of hydrogen-bond acceptors (Lipinski definition) is 5. The summed E-state index contributed by atoms with van der Waals surface area (Å²) in [6.45, 7) is 0. The van der Waals surface area contributed by atoms with Crippen molar-refractivity contribution in [2.75, 3.05) is 0 Å². The molecule has 5 nitrogen and oxygen atoms in total. The van der Waals surface area contributed by atoms with E-state index in [9.17, 15) is 4.79 Å². The largest absolute Gasteiger partial charge is 0.339 e. The van der Waals surface area contributed by atoms with Gasteiger partial charge in [0.25, 0.3) is 0 Å². The monoisotopic (exact) mass is 321 g/mol. The molecule has 1 aliphatic rings. The van der Waals surface area contributed by atoms with Crippen molar-refractivity contribution in [1.29, 1.82) is 0 Å². The smallest absolute Gasteiger partial charge is 0.230 e. The molecule has 1 saturated carbocycles. The van der Waals surface area contributed by atoms with Crippen molar-refractivity contribution in [2.45, 2.75) is 31.6 Å². The summed E-state index contributed by atoms with van der Waals surface area (Å²) in [4.78, 5) is 19.8. The Labute approximate surface area is 118 Å². The van der Waals surface area contributed by atoms with E-state index in [1.807, 2.05) is 12.1 Å². The lowest BCUT2D eigenvalue weighted by atomic mass is 9.88. The minimum atomic E-state index is 0.203. The summed E-state index contributed by atoms with van der Waals surface area (Å²) in [5, 5.41) is 3.96. The van der Waals surface area contributed by atoms with Crippen LogP contribution in [-0.2, 0) is 4.79 Å². The third kappa shape index (κ3) is 2.73.